The molecule has 3 aromatic carbocycles. The third-order valence-corrected chi connectivity index (χ3v) is 8.73. The van der Waals surface area contributed by atoms with Gasteiger partial charge >= 0.3 is 5.97 Å². The fraction of sp³-hybridized carbons (Fsp3) is 0.444. The number of hydrogen-bond donors (Lipinski definition) is 1. The number of unbranched alkanes of at least 4 members (excludes halogenated alkanes) is 1. The molecule has 1 unspecified atom stereocenters. The molecule has 1 amide bonds. The largest absolute Gasteiger partial charge is 0.496 e. The van der Waals surface area contributed by atoms with Crippen LogP contribution < -0.4 is 19.1 Å². The Morgan fingerprint density at radius 2 is 1.80 bits per heavy atom. The summed E-state index contributed by atoms with van der Waals surface area (Å²) in [5.74, 6) is -0.0402. The van der Waals surface area contributed by atoms with E-state index in [2.05, 4.69) is 45.1 Å². The minimum Gasteiger partial charge on any atom is -0.496 e. The minimum atomic E-state index is -0.886. The first-order valence-corrected chi connectivity index (χ1v) is 15.8. The summed E-state index contributed by atoms with van der Waals surface area (Å²) in [7, 11) is 8.07. The Morgan fingerprint density at radius 3 is 2.53 bits per heavy atom. The second kappa shape index (κ2) is 13.9. The quantitative estimate of drug-likeness (QED) is 0.265. The molecule has 240 valence electrons. The average molecular weight is 617 g/mol. The first-order valence-electron chi connectivity index (χ1n) is 15.8. The number of carbonyl (C=O) groups is 2. The van der Waals surface area contributed by atoms with Gasteiger partial charge in [0.2, 0.25) is 12.7 Å². The number of para-hydroxylation sites is 1. The molecule has 0 aromatic heterocycles. The van der Waals surface area contributed by atoms with E-state index in [-0.39, 0.29) is 25.2 Å². The van der Waals surface area contributed by atoms with Crippen LogP contribution in [0.25, 0.3) is 0 Å². The number of benzene rings is 3. The summed E-state index contributed by atoms with van der Waals surface area (Å²) in [4.78, 5) is 31.3. The zero-order chi connectivity index (χ0) is 32.1. The molecule has 2 aliphatic heterocycles. The number of fused-ring (bicyclic) bond motifs is 1. The van der Waals surface area contributed by atoms with Gasteiger partial charge in [0.25, 0.3) is 0 Å². The summed E-state index contributed by atoms with van der Waals surface area (Å²) in [5.41, 5.74) is 3.82. The number of carbonyl (C=O) groups excluding carboxylic acids is 1. The summed E-state index contributed by atoms with van der Waals surface area (Å²) in [6.07, 6.45) is 2.26. The van der Waals surface area contributed by atoms with Gasteiger partial charge in [0.05, 0.1) is 40.7 Å². The molecule has 45 heavy (non-hydrogen) atoms. The van der Waals surface area contributed by atoms with E-state index >= 15 is 0 Å². The van der Waals surface area contributed by atoms with E-state index in [1.54, 1.807) is 7.11 Å². The van der Waals surface area contributed by atoms with Crippen molar-refractivity contribution in [2.24, 2.45) is 5.92 Å². The van der Waals surface area contributed by atoms with Crippen LogP contribution in [0, 0.1) is 5.92 Å². The third kappa shape index (κ3) is 7.60. The molecule has 9 nitrogen and oxygen atoms in total. The molecule has 2 aliphatic rings. The maximum Gasteiger partial charge on any atom is 0.308 e. The van der Waals surface area contributed by atoms with Crippen LogP contribution in [-0.4, -0.2) is 87.1 Å². The zero-order valence-electron chi connectivity index (χ0n) is 27.1. The van der Waals surface area contributed by atoms with Gasteiger partial charge in [-0.15, -0.1) is 0 Å². The summed E-state index contributed by atoms with van der Waals surface area (Å²) in [6, 6.07) is 21.2. The molecule has 2 heterocycles. The molecule has 0 spiro atoms. The normalized spacial score (nSPS) is 19.4. The van der Waals surface area contributed by atoms with Crippen LogP contribution in [0.2, 0.25) is 0 Å². The summed E-state index contributed by atoms with van der Waals surface area (Å²) >= 11 is 0. The number of hydrogen-bond acceptors (Lipinski definition) is 6. The van der Waals surface area contributed by atoms with Gasteiger partial charge in [-0.2, -0.15) is 0 Å². The predicted octanol–water partition coefficient (Wildman–Crippen LogP) is 5.17. The van der Waals surface area contributed by atoms with E-state index in [4.69, 9.17) is 14.2 Å². The second-order valence-corrected chi connectivity index (χ2v) is 13.1. The van der Waals surface area contributed by atoms with Gasteiger partial charge in [-0.3, -0.25) is 14.5 Å². The molecule has 1 fully saturated rings. The van der Waals surface area contributed by atoms with E-state index in [0.29, 0.717) is 36.8 Å². The number of ether oxygens (including phenoxy) is 3. The summed E-state index contributed by atoms with van der Waals surface area (Å²) < 4.78 is 17.6. The molecule has 9 heteroatoms. The van der Waals surface area contributed by atoms with E-state index < -0.39 is 17.9 Å². The smallest absolute Gasteiger partial charge is 0.308 e. The Bertz CT molecular complexity index is 1500. The van der Waals surface area contributed by atoms with E-state index in [1.165, 1.54) is 5.56 Å². The lowest BCUT2D eigenvalue weighted by atomic mass is 9.83. The Labute approximate surface area is 266 Å². The van der Waals surface area contributed by atoms with E-state index in [9.17, 15) is 14.7 Å². The minimum absolute atomic E-state index is 0.0358. The average Bonchev–Trinajstić information content (AvgIpc) is 3.61. The number of carboxylic acids is 1. The molecular formula is C36H46N3O6+. The van der Waals surface area contributed by atoms with Gasteiger partial charge in [-0.25, -0.2) is 0 Å². The van der Waals surface area contributed by atoms with E-state index in [0.717, 1.165) is 40.7 Å². The number of amides is 1. The first-order chi connectivity index (χ1) is 21.6. The number of quaternary nitrogens is 1. The molecule has 1 N–H and O–H groups in total. The Balaban J connectivity index is 1.48. The molecule has 5 rings (SSSR count). The van der Waals surface area contributed by atoms with Crippen molar-refractivity contribution in [3.63, 3.8) is 0 Å². The molecule has 3 atom stereocenters. The Morgan fingerprint density at radius 1 is 1.02 bits per heavy atom. The highest BCUT2D eigenvalue weighted by Crippen LogP contribution is 2.43. The fourth-order valence-electron chi connectivity index (χ4n) is 6.67. The highest BCUT2D eigenvalue weighted by molar-refractivity contribution is 5.95. The standard InChI is InChI=1S/C36H45N3O6/c1-6-7-17-38(28-13-10-11-25(18-28)23-39(2,3)4)34(40)22-37-21-29(26-15-16-32-33(20-26)45-24-44-32)35(36(41)42)30(37)19-27-12-8-9-14-31(27)43-5/h8-16,18,20,29-30,35H,6-7,17,19,21-24H2,1-5H3/p+1/t29-,30+,35?/m1/s1. The lowest BCUT2D eigenvalue weighted by molar-refractivity contribution is -0.884. The molecule has 1 saturated heterocycles. The number of carboxylic acid groups (broad SMARTS) is 1. The fourth-order valence-corrected chi connectivity index (χ4v) is 6.67. The van der Waals surface area contributed by atoms with Crippen molar-refractivity contribution in [2.75, 3.05) is 59.6 Å². The molecule has 0 aliphatic carbocycles. The van der Waals surface area contributed by atoms with Crippen LogP contribution in [0.1, 0.15) is 42.4 Å². The monoisotopic (exact) mass is 616 g/mol. The number of anilines is 1. The molecule has 3 aromatic rings. The lowest BCUT2D eigenvalue weighted by Crippen LogP contribution is -2.45. The van der Waals surface area contributed by atoms with Crippen LogP contribution in [0.15, 0.2) is 66.7 Å². The number of nitrogens with zero attached hydrogens (tertiary/aromatic N) is 3. The second-order valence-electron chi connectivity index (χ2n) is 13.1. The predicted molar refractivity (Wildman–Crippen MR) is 174 cm³/mol. The first kappa shape index (κ1) is 32.3. The number of likely N-dealkylation sites (tertiary alicyclic amines) is 1. The highest BCUT2D eigenvalue weighted by atomic mass is 16.7. The summed E-state index contributed by atoms with van der Waals surface area (Å²) in [5, 5.41) is 10.7. The SMILES string of the molecule is CCCCN(C(=O)CN1C[C@H](c2ccc3c(c2)OCO3)C(C(=O)O)[C@@H]1Cc1ccccc1OC)c1cccc(C[N+](C)(C)C)c1. The lowest BCUT2D eigenvalue weighted by Gasteiger charge is -2.30. The maximum atomic E-state index is 14.3. The van der Waals surface area contributed by atoms with Gasteiger partial charge in [-0.1, -0.05) is 49.7 Å². The highest BCUT2D eigenvalue weighted by Gasteiger charge is 2.47. The number of rotatable bonds is 13. The zero-order valence-corrected chi connectivity index (χ0v) is 27.1. The van der Waals surface area contributed by atoms with Crippen molar-refractivity contribution < 1.29 is 33.4 Å². The number of methoxy groups -OCH3 is 1. The molecular weight excluding hydrogens is 570 g/mol. The molecule has 0 saturated carbocycles. The van der Waals surface area contributed by atoms with Crippen molar-refractivity contribution in [1.82, 2.24) is 4.90 Å². The van der Waals surface area contributed by atoms with Crippen molar-refractivity contribution in [3.05, 3.63) is 83.4 Å². The van der Waals surface area contributed by atoms with Crippen LogP contribution in [0.3, 0.4) is 0 Å². The van der Waals surface area contributed by atoms with Crippen LogP contribution in [0.4, 0.5) is 5.69 Å². The third-order valence-electron chi connectivity index (χ3n) is 8.73. The maximum absolute atomic E-state index is 14.3. The van der Waals surface area contributed by atoms with Crippen LogP contribution in [0.5, 0.6) is 17.2 Å². The van der Waals surface area contributed by atoms with Gasteiger partial charge in [0, 0.05) is 36.3 Å². The van der Waals surface area contributed by atoms with Crippen LogP contribution in [-0.2, 0) is 22.6 Å². The van der Waals surface area contributed by atoms with Crippen LogP contribution >= 0.6 is 0 Å². The topological polar surface area (TPSA) is 88.5 Å². The van der Waals surface area contributed by atoms with Crippen molar-refractivity contribution in [2.45, 2.75) is 44.7 Å². The van der Waals surface area contributed by atoms with Gasteiger partial charge < -0.3 is 28.7 Å². The number of aliphatic carboxylic acids is 1. The van der Waals surface area contributed by atoms with Gasteiger partial charge in [0.1, 0.15) is 12.3 Å². The van der Waals surface area contributed by atoms with Crippen molar-refractivity contribution in [3.8, 4) is 17.2 Å². The molecule has 0 radical (unpaired) electrons. The van der Waals surface area contributed by atoms with Gasteiger partial charge in [-0.05, 0) is 54.3 Å². The Hall–Kier alpha value is -4.08. The Kier molecular flexibility index (Phi) is 9.99. The van der Waals surface area contributed by atoms with Crippen molar-refractivity contribution in [1.29, 1.82) is 0 Å². The van der Waals surface area contributed by atoms with Crippen molar-refractivity contribution >= 4 is 17.6 Å². The molecule has 0 bridgehead atoms. The summed E-state index contributed by atoms with van der Waals surface area (Å²) in [6.45, 7) is 4.23. The van der Waals surface area contributed by atoms with E-state index in [1.807, 2.05) is 59.5 Å². The van der Waals surface area contributed by atoms with Gasteiger partial charge in [0.15, 0.2) is 11.5 Å².